The van der Waals surface area contributed by atoms with E-state index in [1.54, 1.807) is 12.1 Å². The Morgan fingerprint density at radius 3 is 2.44 bits per heavy atom. The standard InChI is InChI=1S/C10H10N2O3S/c11-7-4-6-2-1-3-9(16(13,14)15)10(6)8(12)5-7/h1-5H,11-12H2,(H,13,14,15). The first-order valence-corrected chi connectivity index (χ1v) is 5.89. The molecule has 0 aliphatic rings. The molecule has 2 rings (SSSR count). The zero-order valence-electron chi connectivity index (χ0n) is 8.21. The summed E-state index contributed by atoms with van der Waals surface area (Å²) in [5.74, 6) is 0. The number of hydrogen-bond acceptors (Lipinski definition) is 4. The van der Waals surface area contributed by atoms with Crippen molar-refractivity contribution in [3.63, 3.8) is 0 Å². The van der Waals surface area contributed by atoms with E-state index in [1.807, 2.05) is 0 Å². The van der Waals surface area contributed by atoms with Gasteiger partial charge in [0.2, 0.25) is 0 Å². The van der Waals surface area contributed by atoms with Crippen molar-refractivity contribution in [2.45, 2.75) is 4.90 Å². The summed E-state index contributed by atoms with van der Waals surface area (Å²) < 4.78 is 31.4. The minimum absolute atomic E-state index is 0.206. The van der Waals surface area contributed by atoms with Crippen molar-refractivity contribution < 1.29 is 13.0 Å². The summed E-state index contributed by atoms with van der Waals surface area (Å²) in [6.45, 7) is 0. The SMILES string of the molecule is Nc1cc(N)c2c(S(=O)(=O)O)cccc2c1. The molecule has 0 unspecified atom stereocenters. The summed E-state index contributed by atoms with van der Waals surface area (Å²) in [4.78, 5) is -0.206. The molecule has 0 heterocycles. The van der Waals surface area contributed by atoms with Crippen molar-refractivity contribution >= 4 is 32.3 Å². The molecular weight excluding hydrogens is 228 g/mol. The molecule has 0 spiro atoms. The maximum atomic E-state index is 11.2. The van der Waals surface area contributed by atoms with Crippen LogP contribution in [0.1, 0.15) is 0 Å². The van der Waals surface area contributed by atoms with Crippen LogP contribution in [0.3, 0.4) is 0 Å². The van der Waals surface area contributed by atoms with Gasteiger partial charge in [0.25, 0.3) is 10.1 Å². The highest BCUT2D eigenvalue weighted by Gasteiger charge is 2.15. The first kappa shape index (κ1) is 10.7. The van der Waals surface area contributed by atoms with Gasteiger partial charge in [0.05, 0.1) is 0 Å². The third-order valence-corrected chi connectivity index (χ3v) is 3.17. The molecule has 5 N–H and O–H groups in total. The van der Waals surface area contributed by atoms with E-state index in [0.717, 1.165) is 0 Å². The number of nitrogen functional groups attached to an aromatic ring is 2. The van der Waals surface area contributed by atoms with Crippen molar-refractivity contribution in [1.82, 2.24) is 0 Å². The third kappa shape index (κ3) is 1.68. The normalized spacial score (nSPS) is 11.8. The Balaban J connectivity index is 2.99. The van der Waals surface area contributed by atoms with Crippen LogP contribution in [-0.2, 0) is 10.1 Å². The van der Waals surface area contributed by atoms with Crippen LogP contribution in [-0.4, -0.2) is 13.0 Å². The van der Waals surface area contributed by atoms with Crippen LogP contribution in [0.15, 0.2) is 35.2 Å². The predicted molar refractivity (Wildman–Crippen MR) is 62.6 cm³/mol. The summed E-state index contributed by atoms with van der Waals surface area (Å²) in [6, 6.07) is 7.54. The second-order valence-electron chi connectivity index (χ2n) is 3.44. The Hall–Kier alpha value is -1.79. The number of hydrogen-bond donors (Lipinski definition) is 3. The van der Waals surface area contributed by atoms with Gasteiger partial charge in [0, 0.05) is 16.8 Å². The molecule has 0 fully saturated rings. The Labute approximate surface area is 92.4 Å². The Kier molecular flexibility index (Phi) is 2.25. The highest BCUT2D eigenvalue weighted by molar-refractivity contribution is 7.86. The minimum Gasteiger partial charge on any atom is -0.399 e. The van der Waals surface area contributed by atoms with E-state index in [9.17, 15) is 8.42 Å². The van der Waals surface area contributed by atoms with E-state index in [2.05, 4.69) is 0 Å². The van der Waals surface area contributed by atoms with Crippen molar-refractivity contribution in [3.8, 4) is 0 Å². The van der Waals surface area contributed by atoms with E-state index >= 15 is 0 Å². The smallest absolute Gasteiger partial charge is 0.295 e. The molecule has 84 valence electrons. The van der Waals surface area contributed by atoms with Gasteiger partial charge in [-0.2, -0.15) is 8.42 Å². The van der Waals surface area contributed by atoms with Crippen molar-refractivity contribution in [3.05, 3.63) is 30.3 Å². The molecule has 0 aromatic heterocycles. The molecule has 5 nitrogen and oxygen atoms in total. The molecule has 0 atom stereocenters. The highest BCUT2D eigenvalue weighted by Crippen LogP contribution is 2.30. The first-order valence-electron chi connectivity index (χ1n) is 4.45. The summed E-state index contributed by atoms with van der Waals surface area (Å²) in [7, 11) is -4.29. The fraction of sp³-hybridized carbons (Fsp3) is 0. The van der Waals surface area contributed by atoms with Gasteiger partial charge in [0.15, 0.2) is 0 Å². The van der Waals surface area contributed by atoms with Crippen molar-refractivity contribution in [1.29, 1.82) is 0 Å². The van der Waals surface area contributed by atoms with Crippen LogP contribution in [0.2, 0.25) is 0 Å². The molecule has 0 bridgehead atoms. The molecule has 6 heteroatoms. The molecule has 0 amide bonds. The lowest BCUT2D eigenvalue weighted by Gasteiger charge is -2.07. The molecule has 0 radical (unpaired) electrons. The predicted octanol–water partition coefficient (Wildman–Crippen LogP) is 1.25. The van der Waals surface area contributed by atoms with Crippen LogP contribution < -0.4 is 11.5 Å². The first-order chi connectivity index (χ1) is 7.39. The molecule has 0 saturated heterocycles. The number of benzene rings is 2. The van der Waals surface area contributed by atoms with Gasteiger partial charge in [-0.1, -0.05) is 12.1 Å². The van der Waals surface area contributed by atoms with E-state index in [1.165, 1.54) is 18.2 Å². The summed E-state index contributed by atoms with van der Waals surface area (Å²) in [6.07, 6.45) is 0. The topological polar surface area (TPSA) is 106 Å². The lowest BCUT2D eigenvalue weighted by Crippen LogP contribution is -2.01. The largest absolute Gasteiger partial charge is 0.399 e. The summed E-state index contributed by atoms with van der Waals surface area (Å²) in [5.41, 5.74) is 12.0. The third-order valence-electron chi connectivity index (χ3n) is 2.27. The van der Waals surface area contributed by atoms with Crippen LogP contribution >= 0.6 is 0 Å². The molecule has 0 saturated carbocycles. The molecule has 16 heavy (non-hydrogen) atoms. The van der Waals surface area contributed by atoms with Gasteiger partial charge in [-0.05, 0) is 23.6 Å². The van der Waals surface area contributed by atoms with E-state index in [-0.39, 0.29) is 10.6 Å². The zero-order valence-corrected chi connectivity index (χ0v) is 9.03. The van der Waals surface area contributed by atoms with Gasteiger partial charge in [-0.3, -0.25) is 4.55 Å². The fourth-order valence-corrected chi connectivity index (χ4v) is 2.41. The van der Waals surface area contributed by atoms with E-state index in [0.29, 0.717) is 16.5 Å². The highest BCUT2D eigenvalue weighted by atomic mass is 32.2. The number of rotatable bonds is 1. The van der Waals surface area contributed by atoms with Gasteiger partial charge in [-0.25, -0.2) is 0 Å². The van der Waals surface area contributed by atoms with Gasteiger partial charge in [-0.15, -0.1) is 0 Å². The monoisotopic (exact) mass is 238 g/mol. The molecular formula is C10H10N2O3S. The molecule has 2 aromatic carbocycles. The van der Waals surface area contributed by atoms with Crippen LogP contribution in [0.5, 0.6) is 0 Å². The average Bonchev–Trinajstić information content (AvgIpc) is 2.14. The van der Waals surface area contributed by atoms with Gasteiger partial charge >= 0.3 is 0 Å². The lowest BCUT2D eigenvalue weighted by atomic mass is 10.1. The second-order valence-corrected chi connectivity index (χ2v) is 4.83. The maximum Gasteiger partial charge on any atom is 0.295 e. The maximum absolute atomic E-state index is 11.2. The molecule has 0 aliphatic heterocycles. The fourth-order valence-electron chi connectivity index (χ4n) is 1.67. The molecule has 0 aliphatic carbocycles. The second kappa shape index (κ2) is 3.36. The summed E-state index contributed by atoms with van der Waals surface area (Å²) in [5, 5.41) is 0.867. The Morgan fingerprint density at radius 1 is 1.12 bits per heavy atom. The lowest BCUT2D eigenvalue weighted by molar-refractivity contribution is 0.484. The Bertz CT molecular complexity index is 665. The van der Waals surface area contributed by atoms with Crippen LogP contribution in [0.4, 0.5) is 11.4 Å². The zero-order chi connectivity index (χ0) is 11.9. The Morgan fingerprint density at radius 2 is 1.81 bits per heavy atom. The number of anilines is 2. The van der Waals surface area contributed by atoms with E-state index in [4.69, 9.17) is 16.0 Å². The average molecular weight is 238 g/mol. The van der Waals surface area contributed by atoms with E-state index < -0.39 is 10.1 Å². The van der Waals surface area contributed by atoms with Crippen molar-refractivity contribution in [2.24, 2.45) is 0 Å². The van der Waals surface area contributed by atoms with Crippen molar-refractivity contribution in [2.75, 3.05) is 11.5 Å². The van der Waals surface area contributed by atoms with Gasteiger partial charge in [0.1, 0.15) is 4.90 Å². The molecule has 2 aromatic rings. The summed E-state index contributed by atoms with van der Waals surface area (Å²) >= 11 is 0. The number of fused-ring (bicyclic) bond motifs is 1. The number of nitrogens with two attached hydrogens (primary N) is 2. The minimum atomic E-state index is -4.29. The quantitative estimate of drug-likeness (QED) is 0.512. The van der Waals surface area contributed by atoms with Crippen LogP contribution in [0, 0.1) is 0 Å². The van der Waals surface area contributed by atoms with Crippen LogP contribution in [0.25, 0.3) is 10.8 Å². The van der Waals surface area contributed by atoms with Gasteiger partial charge < -0.3 is 11.5 Å².